The SMILES string of the molecule is OCc1cn(CC2CCCCC2)nn1. The Labute approximate surface area is 83.9 Å². The van der Waals surface area contributed by atoms with E-state index in [9.17, 15) is 0 Å². The van der Waals surface area contributed by atoms with Crippen molar-refractivity contribution in [2.24, 2.45) is 5.92 Å². The molecular weight excluding hydrogens is 178 g/mol. The lowest BCUT2D eigenvalue weighted by molar-refractivity contribution is 0.276. The lowest BCUT2D eigenvalue weighted by atomic mass is 9.89. The Morgan fingerprint density at radius 3 is 2.79 bits per heavy atom. The maximum absolute atomic E-state index is 8.84. The van der Waals surface area contributed by atoms with Crippen molar-refractivity contribution >= 4 is 0 Å². The second-order valence-electron chi connectivity index (χ2n) is 4.09. The predicted octanol–water partition coefficient (Wildman–Crippen LogP) is 1.35. The molecule has 1 aromatic heterocycles. The highest BCUT2D eigenvalue weighted by Gasteiger charge is 2.14. The third kappa shape index (κ3) is 2.32. The molecule has 0 amide bonds. The van der Waals surface area contributed by atoms with E-state index in [4.69, 9.17) is 5.11 Å². The van der Waals surface area contributed by atoms with Gasteiger partial charge in [0.25, 0.3) is 0 Å². The van der Waals surface area contributed by atoms with Crippen LogP contribution in [-0.2, 0) is 13.2 Å². The number of nitrogens with zero attached hydrogens (tertiary/aromatic N) is 3. The Morgan fingerprint density at radius 1 is 1.36 bits per heavy atom. The van der Waals surface area contributed by atoms with Crippen LogP contribution in [0.4, 0.5) is 0 Å². The lowest BCUT2D eigenvalue weighted by Gasteiger charge is -2.20. The normalized spacial score (nSPS) is 18.6. The molecule has 1 fully saturated rings. The molecule has 1 heterocycles. The van der Waals surface area contributed by atoms with E-state index >= 15 is 0 Å². The smallest absolute Gasteiger partial charge is 0.108 e. The van der Waals surface area contributed by atoms with Crippen molar-refractivity contribution in [2.45, 2.75) is 45.3 Å². The minimum atomic E-state index is -0.00926. The summed E-state index contributed by atoms with van der Waals surface area (Å²) < 4.78 is 1.86. The summed E-state index contributed by atoms with van der Waals surface area (Å²) >= 11 is 0. The molecule has 0 radical (unpaired) electrons. The number of aromatic nitrogens is 3. The topological polar surface area (TPSA) is 50.9 Å². The molecule has 1 N–H and O–H groups in total. The van der Waals surface area contributed by atoms with E-state index in [1.807, 2.05) is 10.9 Å². The molecule has 0 aromatic carbocycles. The van der Waals surface area contributed by atoms with E-state index in [0.717, 1.165) is 12.5 Å². The zero-order valence-corrected chi connectivity index (χ0v) is 8.39. The number of aliphatic hydroxyl groups is 1. The van der Waals surface area contributed by atoms with Gasteiger partial charge in [0.05, 0.1) is 12.8 Å². The van der Waals surface area contributed by atoms with Crippen molar-refractivity contribution in [3.05, 3.63) is 11.9 Å². The fraction of sp³-hybridized carbons (Fsp3) is 0.800. The molecule has 4 heteroatoms. The van der Waals surface area contributed by atoms with Crippen LogP contribution in [0.1, 0.15) is 37.8 Å². The second kappa shape index (κ2) is 4.55. The van der Waals surface area contributed by atoms with Crippen molar-refractivity contribution < 1.29 is 5.11 Å². The van der Waals surface area contributed by atoms with Gasteiger partial charge in [0.2, 0.25) is 0 Å². The Hall–Kier alpha value is -0.900. The predicted molar refractivity (Wildman–Crippen MR) is 52.5 cm³/mol. The first-order valence-corrected chi connectivity index (χ1v) is 5.38. The van der Waals surface area contributed by atoms with Crippen LogP contribution in [0.15, 0.2) is 6.20 Å². The molecular formula is C10H17N3O. The third-order valence-corrected chi connectivity index (χ3v) is 2.92. The Morgan fingerprint density at radius 2 is 2.14 bits per heavy atom. The van der Waals surface area contributed by atoms with Gasteiger partial charge in [-0.3, -0.25) is 4.68 Å². The third-order valence-electron chi connectivity index (χ3n) is 2.92. The number of hydrogen-bond donors (Lipinski definition) is 1. The Bertz CT molecular complexity index is 279. The molecule has 0 aliphatic heterocycles. The van der Waals surface area contributed by atoms with Crippen molar-refractivity contribution in [3.63, 3.8) is 0 Å². The highest BCUT2D eigenvalue weighted by atomic mass is 16.3. The highest BCUT2D eigenvalue weighted by Crippen LogP contribution is 2.24. The standard InChI is InChI=1S/C10H17N3O/c14-8-10-7-13(12-11-10)6-9-4-2-1-3-5-9/h7,9,14H,1-6,8H2. The molecule has 0 spiro atoms. The summed E-state index contributed by atoms with van der Waals surface area (Å²) in [6.07, 6.45) is 8.56. The summed E-state index contributed by atoms with van der Waals surface area (Å²) in [4.78, 5) is 0. The first kappa shape index (κ1) is 9.65. The summed E-state index contributed by atoms with van der Waals surface area (Å²) in [6, 6.07) is 0. The number of aliphatic hydroxyl groups excluding tert-OH is 1. The fourth-order valence-corrected chi connectivity index (χ4v) is 2.13. The molecule has 1 aliphatic carbocycles. The lowest BCUT2D eigenvalue weighted by Crippen LogP contribution is -2.14. The van der Waals surface area contributed by atoms with Crippen molar-refractivity contribution in [3.8, 4) is 0 Å². The molecule has 0 bridgehead atoms. The zero-order valence-electron chi connectivity index (χ0n) is 8.39. The van der Waals surface area contributed by atoms with Gasteiger partial charge in [-0.25, -0.2) is 0 Å². The first-order valence-electron chi connectivity index (χ1n) is 5.38. The Kier molecular flexibility index (Phi) is 3.14. The summed E-state index contributed by atoms with van der Waals surface area (Å²) in [7, 11) is 0. The molecule has 0 atom stereocenters. The van der Waals surface area contributed by atoms with Gasteiger partial charge in [-0.1, -0.05) is 24.5 Å². The average molecular weight is 195 g/mol. The molecule has 2 rings (SSSR count). The summed E-state index contributed by atoms with van der Waals surface area (Å²) in [5.41, 5.74) is 0.667. The maximum atomic E-state index is 8.84. The van der Waals surface area contributed by atoms with Crippen molar-refractivity contribution in [1.82, 2.24) is 15.0 Å². The average Bonchev–Trinajstić information content (AvgIpc) is 2.67. The van der Waals surface area contributed by atoms with E-state index in [-0.39, 0.29) is 6.61 Å². The summed E-state index contributed by atoms with van der Waals surface area (Å²) in [5.74, 6) is 0.761. The largest absolute Gasteiger partial charge is 0.390 e. The van der Waals surface area contributed by atoms with Gasteiger partial charge in [0.1, 0.15) is 5.69 Å². The molecule has 1 aliphatic rings. The van der Waals surface area contributed by atoms with Crippen LogP contribution in [0, 0.1) is 5.92 Å². The highest BCUT2D eigenvalue weighted by molar-refractivity contribution is 4.89. The van der Waals surface area contributed by atoms with Gasteiger partial charge in [-0.15, -0.1) is 5.10 Å². The summed E-state index contributed by atoms with van der Waals surface area (Å²) in [5, 5.41) is 16.7. The molecule has 1 aromatic rings. The van der Waals surface area contributed by atoms with Crippen LogP contribution in [0.2, 0.25) is 0 Å². The molecule has 14 heavy (non-hydrogen) atoms. The van der Waals surface area contributed by atoms with Gasteiger partial charge in [0, 0.05) is 6.54 Å². The minimum Gasteiger partial charge on any atom is -0.390 e. The minimum absolute atomic E-state index is 0.00926. The monoisotopic (exact) mass is 195 g/mol. The van der Waals surface area contributed by atoms with Gasteiger partial charge < -0.3 is 5.11 Å². The maximum Gasteiger partial charge on any atom is 0.108 e. The van der Waals surface area contributed by atoms with Gasteiger partial charge in [-0.2, -0.15) is 0 Å². The van der Waals surface area contributed by atoms with E-state index < -0.39 is 0 Å². The van der Waals surface area contributed by atoms with Crippen LogP contribution in [-0.4, -0.2) is 20.1 Å². The molecule has 1 saturated carbocycles. The van der Waals surface area contributed by atoms with Gasteiger partial charge in [-0.05, 0) is 18.8 Å². The number of rotatable bonds is 3. The van der Waals surface area contributed by atoms with Crippen LogP contribution < -0.4 is 0 Å². The van der Waals surface area contributed by atoms with Crippen molar-refractivity contribution in [1.29, 1.82) is 0 Å². The van der Waals surface area contributed by atoms with E-state index in [0.29, 0.717) is 5.69 Å². The van der Waals surface area contributed by atoms with Crippen LogP contribution >= 0.6 is 0 Å². The van der Waals surface area contributed by atoms with Crippen LogP contribution in [0.5, 0.6) is 0 Å². The van der Waals surface area contributed by atoms with Gasteiger partial charge in [0.15, 0.2) is 0 Å². The summed E-state index contributed by atoms with van der Waals surface area (Å²) in [6.45, 7) is 0.956. The van der Waals surface area contributed by atoms with Crippen LogP contribution in [0.3, 0.4) is 0 Å². The van der Waals surface area contributed by atoms with Crippen molar-refractivity contribution in [2.75, 3.05) is 0 Å². The Balaban J connectivity index is 1.89. The molecule has 0 saturated heterocycles. The molecule has 4 nitrogen and oxygen atoms in total. The quantitative estimate of drug-likeness (QED) is 0.792. The van der Waals surface area contributed by atoms with Gasteiger partial charge >= 0.3 is 0 Å². The number of hydrogen-bond acceptors (Lipinski definition) is 3. The van der Waals surface area contributed by atoms with E-state index in [2.05, 4.69) is 10.3 Å². The molecule has 78 valence electrons. The second-order valence-corrected chi connectivity index (χ2v) is 4.09. The van der Waals surface area contributed by atoms with E-state index in [1.165, 1.54) is 32.1 Å². The molecule has 0 unspecified atom stereocenters. The fourth-order valence-electron chi connectivity index (χ4n) is 2.13. The van der Waals surface area contributed by atoms with E-state index in [1.54, 1.807) is 0 Å². The van der Waals surface area contributed by atoms with Crippen LogP contribution in [0.25, 0.3) is 0 Å². The zero-order chi connectivity index (χ0) is 9.80. The first-order chi connectivity index (χ1) is 6.88.